The number of nitriles is 1. The lowest BCUT2D eigenvalue weighted by Gasteiger charge is -2.18. The third-order valence-electron chi connectivity index (χ3n) is 4.13. The quantitative estimate of drug-likeness (QED) is 0.688. The predicted octanol–water partition coefficient (Wildman–Crippen LogP) is 5.40. The van der Waals surface area contributed by atoms with Gasteiger partial charge in [-0.25, -0.2) is 0 Å². The highest BCUT2D eigenvalue weighted by molar-refractivity contribution is 8.00. The van der Waals surface area contributed by atoms with E-state index >= 15 is 0 Å². The normalized spacial score (nSPS) is 23.1. The molecule has 0 radical (unpaired) electrons. The molecule has 0 saturated heterocycles. The van der Waals surface area contributed by atoms with E-state index in [0.717, 1.165) is 6.42 Å². The molecule has 1 fully saturated rings. The van der Waals surface area contributed by atoms with Crippen molar-refractivity contribution in [3.63, 3.8) is 0 Å². The van der Waals surface area contributed by atoms with Gasteiger partial charge in [-0.3, -0.25) is 0 Å². The molecule has 0 amide bonds. The average Bonchev–Trinajstić information content (AvgIpc) is 2.72. The summed E-state index contributed by atoms with van der Waals surface area (Å²) in [4.78, 5) is 1.30. The first kappa shape index (κ1) is 13.5. The molecule has 0 N–H and O–H groups in total. The summed E-state index contributed by atoms with van der Waals surface area (Å²) < 4.78 is 0. The van der Waals surface area contributed by atoms with Crippen molar-refractivity contribution in [2.75, 3.05) is 0 Å². The summed E-state index contributed by atoms with van der Waals surface area (Å²) in [6.45, 7) is 0. The molecular weight excluding hydrogens is 262 g/mol. The molecule has 20 heavy (non-hydrogen) atoms. The SMILES string of the molecule is N#CC1CCCCCC1Sc1ccc2ccccc2c1. The van der Waals surface area contributed by atoms with Crippen LogP contribution in [0.1, 0.15) is 32.1 Å². The molecule has 2 aromatic carbocycles. The molecule has 102 valence electrons. The van der Waals surface area contributed by atoms with Gasteiger partial charge in [-0.2, -0.15) is 5.26 Å². The third-order valence-corrected chi connectivity index (χ3v) is 5.52. The highest BCUT2D eigenvalue weighted by Crippen LogP contribution is 2.37. The zero-order valence-electron chi connectivity index (χ0n) is 11.6. The molecule has 3 rings (SSSR count). The first-order valence-corrected chi connectivity index (χ1v) is 8.30. The van der Waals surface area contributed by atoms with Crippen LogP contribution < -0.4 is 0 Å². The van der Waals surface area contributed by atoms with E-state index in [4.69, 9.17) is 0 Å². The number of nitrogens with zero attached hydrogens (tertiary/aromatic N) is 1. The number of benzene rings is 2. The van der Waals surface area contributed by atoms with Crippen LogP contribution in [0.15, 0.2) is 47.4 Å². The second kappa shape index (κ2) is 6.33. The Labute approximate surface area is 125 Å². The van der Waals surface area contributed by atoms with Gasteiger partial charge in [0.2, 0.25) is 0 Å². The van der Waals surface area contributed by atoms with Crippen molar-refractivity contribution in [2.45, 2.75) is 42.2 Å². The predicted molar refractivity (Wildman–Crippen MR) is 85.8 cm³/mol. The molecule has 0 aromatic heterocycles. The van der Waals surface area contributed by atoms with Crippen LogP contribution in [0, 0.1) is 17.2 Å². The minimum absolute atomic E-state index is 0.217. The maximum absolute atomic E-state index is 9.37. The second-order valence-corrected chi connectivity index (χ2v) is 6.85. The van der Waals surface area contributed by atoms with E-state index in [9.17, 15) is 5.26 Å². The van der Waals surface area contributed by atoms with Crippen molar-refractivity contribution in [3.05, 3.63) is 42.5 Å². The number of fused-ring (bicyclic) bond motifs is 1. The van der Waals surface area contributed by atoms with Gasteiger partial charge < -0.3 is 0 Å². The summed E-state index contributed by atoms with van der Waals surface area (Å²) in [6, 6.07) is 17.7. The third kappa shape index (κ3) is 2.99. The Morgan fingerprint density at radius 3 is 2.60 bits per heavy atom. The summed E-state index contributed by atoms with van der Waals surface area (Å²) in [6.07, 6.45) is 6.01. The highest BCUT2D eigenvalue weighted by atomic mass is 32.2. The molecule has 0 spiro atoms. The largest absolute Gasteiger partial charge is 0.198 e. The Morgan fingerprint density at radius 2 is 1.75 bits per heavy atom. The Balaban J connectivity index is 1.82. The van der Waals surface area contributed by atoms with Crippen LogP contribution in [-0.4, -0.2) is 5.25 Å². The van der Waals surface area contributed by atoms with Crippen LogP contribution in [0.2, 0.25) is 0 Å². The van der Waals surface area contributed by atoms with Gasteiger partial charge in [0.15, 0.2) is 0 Å². The highest BCUT2D eigenvalue weighted by Gasteiger charge is 2.24. The van der Waals surface area contributed by atoms with E-state index < -0.39 is 0 Å². The van der Waals surface area contributed by atoms with Gasteiger partial charge in [-0.15, -0.1) is 11.8 Å². The lowest BCUT2D eigenvalue weighted by molar-refractivity contribution is 0.585. The molecule has 1 aliphatic carbocycles. The molecule has 2 atom stereocenters. The zero-order valence-corrected chi connectivity index (χ0v) is 12.4. The summed E-state index contributed by atoms with van der Waals surface area (Å²) in [7, 11) is 0. The van der Waals surface area contributed by atoms with Gasteiger partial charge in [-0.1, -0.05) is 49.6 Å². The maximum Gasteiger partial charge on any atom is 0.0667 e. The van der Waals surface area contributed by atoms with Crippen molar-refractivity contribution >= 4 is 22.5 Å². The topological polar surface area (TPSA) is 23.8 Å². The van der Waals surface area contributed by atoms with Crippen LogP contribution in [0.25, 0.3) is 10.8 Å². The molecule has 0 aliphatic heterocycles. The fraction of sp³-hybridized carbons (Fsp3) is 0.389. The Morgan fingerprint density at radius 1 is 0.950 bits per heavy atom. The Bertz CT molecular complexity index is 629. The first-order valence-electron chi connectivity index (χ1n) is 7.42. The minimum atomic E-state index is 0.217. The van der Waals surface area contributed by atoms with Crippen LogP contribution >= 0.6 is 11.8 Å². The number of hydrogen-bond donors (Lipinski definition) is 0. The summed E-state index contributed by atoms with van der Waals surface area (Å²) in [5, 5.41) is 12.4. The standard InChI is InChI=1S/C18H19NS/c19-13-16-8-2-1-3-9-18(16)20-17-11-10-14-6-4-5-7-15(14)12-17/h4-7,10-12,16,18H,1-3,8-9H2. The zero-order chi connectivity index (χ0) is 13.8. The van der Waals surface area contributed by atoms with Crippen molar-refractivity contribution < 1.29 is 0 Å². The molecule has 2 heteroatoms. The molecule has 2 aromatic rings. The molecular formula is C18H19NS. The lowest BCUT2D eigenvalue weighted by atomic mass is 10.0. The van der Waals surface area contributed by atoms with E-state index in [1.165, 1.54) is 41.4 Å². The second-order valence-electron chi connectivity index (χ2n) is 5.54. The summed E-state index contributed by atoms with van der Waals surface area (Å²) >= 11 is 1.90. The van der Waals surface area contributed by atoms with Crippen LogP contribution in [0.4, 0.5) is 0 Å². The smallest absolute Gasteiger partial charge is 0.0667 e. The fourth-order valence-corrected chi connectivity index (χ4v) is 4.31. The maximum atomic E-state index is 9.37. The number of hydrogen-bond acceptors (Lipinski definition) is 2. The summed E-state index contributed by atoms with van der Waals surface area (Å²) in [5.74, 6) is 0.217. The van der Waals surface area contributed by atoms with Crippen molar-refractivity contribution in [2.24, 2.45) is 5.92 Å². The van der Waals surface area contributed by atoms with Crippen LogP contribution in [0.5, 0.6) is 0 Å². The van der Waals surface area contributed by atoms with E-state index in [-0.39, 0.29) is 5.92 Å². The Kier molecular flexibility index (Phi) is 4.28. The van der Waals surface area contributed by atoms with Crippen LogP contribution in [-0.2, 0) is 0 Å². The number of thioether (sulfide) groups is 1. The molecule has 2 unspecified atom stereocenters. The van der Waals surface area contributed by atoms with Gasteiger partial charge in [0.1, 0.15) is 0 Å². The molecule has 0 bridgehead atoms. The van der Waals surface area contributed by atoms with Gasteiger partial charge in [0.25, 0.3) is 0 Å². The Hall–Kier alpha value is -1.46. The molecule has 1 aliphatic rings. The van der Waals surface area contributed by atoms with Crippen molar-refractivity contribution in [1.29, 1.82) is 5.26 Å². The van der Waals surface area contributed by atoms with Crippen molar-refractivity contribution in [1.82, 2.24) is 0 Å². The lowest BCUT2D eigenvalue weighted by Crippen LogP contribution is -2.13. The summed E-state index contributed by atoms with van der Waals surface area (Å²) in [5.41, 5.74) is 0. The first-order chi connectivity index (χ1) is 9.86. The van der Waals surface area contributed by atoms with Crippen LogP contribution in [0.3, 0.4) is 0 Å². The number of rotatable bonds is 2. The molecule has 1 saturated carbocycles. The van der Waals surface area contributed by atoms with E-state index in [2.05, 4.69) is 48.5 Å². The van der Waals surface area contributed by atoms with Gasteiger partial charge in [0, 0.05) is 10.1 Å². The van der Waals surface area contributed by atoms with Gasteiger partial charge in [-0.05, 0) is 35.7 Å². The van der Waals surface area contributed by atoms with E-state index in [1.54, 1.807) is 0 Å². The van der Waals surface area contributed by atoms with E-state index in [1.807, 2.05) is 11.8 Å². The monoisotopic (exact) mass is 281 g/mol. The van der Waals surface area contributed by atoms with Gasteiger partial charge >= 0.3 is 0 Å². The average molecular weight is 281 g/mol. The minimum Gasteiger partial charge on any atom is -0.198 e. The van der Waals surface area contributed by atoms with Crippen molar-refractivity contribution in [3.8, 4) is 6.07 Å². The molecule has 1 nitrogen and oxygen atoms in total. The fourth-order valence-electron chi connectivity index (χ4n) is 2.98. The van der Waals surface area contributed by atoms with E-state index in [0.29, 0.717) is 5.25 Å². The van der Waals surface area contributed by atoms with Gasteiger partial charge in [0.05, 0.1) is 12.0 Å². The molecule has 0 heterocycles.